The number of aromatic hydroxyl groups is 3. The summed E-state index contributed by atoms with van der Waals surface area (Å²) in [7, 11) is 0. The molecule has 0 aliphatic heterocycles. The van der Waals surface area contributed by atoms with Crippen LogP contribution in [0.3, 0.4) is 0 Å². The van der Waals surface area contributed by atoms with E-state index in [-0.39, 0.29) is 32.5 Å². The van der Waals surface area contributed by atoms with Gasteiger partial charge in [-0.2, -0.15) is 0 Å². The number of phenols is 3. The molecule has 0 aromatic heterocycles. The highest BCUT2D eigenvalue weighted by Gasteiger charge is 2.34. The molecule has 0 aliphatic rings. The van der Waals surface area contributed by atoms with Crippen molar-refractivity contribution in [2.75, 3.05) is 0 Å². The quantitative estimate of drug-likeness (QED) is 0.133. The van der Waals surface area contributed by atoms with Crippen LogP contribution in [0.5, 0.6) is 17.2 Å². The van der Waals surface area contributed by atoms with Gasteiger partial charge in [0, 0.05) is 16.7 Å². The molecule has 0 spiro atoms. The second kappa shape index (κ2) is 16.9. The van der Waals surface area contributed by atoms with Gasteiger partial charge in [0.1, 0.15) is 17.2 Å². The average Bonchev–Trinajstić information content (AvgIpc) is 3.04. The maximum atomic E-state index is 11.5. The lowest BCUT2D eigenvalue weighted by molar-refractivity contribution is 0.277. The summed E-state index contributed by atoms with van der Waals surface area (Å²) in [6.07, 6.45) is 5.13. The van der Waals surface area contributed by atoms with Crippen molar-refractivity contribution in [2.45, 2.75) is 200 Å². The first-order valence-corrected chi connectivity index (χ1v) is 22.6. The van der Waals surface area contributed by atoms with E-state index in [9.17, 15) is 15.3 Å². The van der Waals surface area contributed by atoms with Gasteiger partial charge in [-0.15, -0.1) is 0 Å². The first kappa shape index (κ1) is 48.9. The molecular formula is C57H84O3. The zero-order chi connectivity index (χ0) is 45.9. The molecule has 3 N–H and O–H groups in total. The maximum Gasteiger partial charge on any atom is 0.122 e. The third kappa shape index (κ3) is 11.4. The van der Waals surface area contributed by atoms with E-state index in [4.69, 9.17) is 0 Å². The first-order chi connectivity index (χ1) is 27.0. The van der Waals surface area contributed by atoms with E-state index in [1.165, 1.54) is 50.1 Å². The minimum atomic E-state index is -0.207. The molecule has 4 rings (SSSR count). The average molecular weight is 817 g/mol. The molecule has 0 fully saturated rings. The van der Waals surface area contributed by atoms with Crippen LogP contribution in [-0.4, -0.2) is 15.3 Å². The van der Waals surface area contributed by atoms with Crippen molar-refractivity contribution in [1.29, 1.82) is 0 Å². The molecule has 4 aromatic rings. The fraction of sp³-hybridized carbons (Fsp3) is 0.579. The van der Waals surface area contributed by atoms with Crippen molar-refractivity contribution in [2.24, 2.45) is 16.2 Å². The zero-order valence-corrected chi connectivity index (χ0v) is 42.0. The summed E-state index contributed by atoms with van der Waals surface area (Å²) in [5.74, 6) is 1.23. The van der Waals surface area contributed by atoms with Crippen LogP contribution in [0.25, 0.3) is 0 Å². The standard InChI is InChI=1S/C57H84O3/c1-34-22-40(28-46(49(34)58)55(16,17)31-52(7,8)9)25-43-37(4)44(26-41-23-35(2)50(59)47(29-41)56(18,19)32-53(10,11)12)39(6)45(38(43)5)27-42-24-36(3)51(60)48(30-42)57(20,21)33-54(13,14)15/h22-24,28-30,58-60H,25-27,31-33H2,1-21H3. The molecule has 0 unspecified atom stereocenters. The number of benzene rings is 4. The Morgan fingerprint density at radius 1 is 0.333 bits per heavy atom. The third-order valence-electron chi connectivity index (χ3n) is 13.0. The predicted molar refractivity (Wildman–Crippen MR) is 259 cm³/mol. The Morgan fingerprint density at radius 2 is 0.533 bits per heavy atom. The molecule has 3 heteroatoms. The van der Waals surface area contributed by atoms with Gasteiger partial charge in [-0.05, 0) is 179 Å². The van der Waals surface area contributed by atoms with Gasteiger partial charge in [-0.1, -0.05) is 140 Å². The van der Waals surface area contributed by atoms with Crippen LogP contribution in [0, 0.1) is 57.8 Å². The van der Waals surface area contributed by atoms with E-state index in [1.807, 2.05) is 20.8 Å². The molecule has 0 atom stereocenters. The Morgan fingerprint density at radius 3 is 0.717 bits per heavy atom. The van der Waals surface area contributed by atoms with Gasteiger partial charge in [0.25, 0.3) is 0 Å². The fourth-order valence-corrected chi connectivity index (χ4v) is 11.5. The van der Waals surface area contributed by atoms with Crippen LogP contribution in [0.2, 0.25) is 0 Å². The van der Waals surface area contributed by atoms with E-state index in [1.54, 1.807) is 0 Å². The Hall–Kier alpha value is -3.72. The smallest absolute Gasteiger partial charge is 0.122 e. The van der Waals surface area contributed by atoms with Crippen LogP contribution < -0.4 is 0 Å². The number of phenolic OH excluding ortho intramolecular Hbond substituents is 3. The van der Waals surface area contributed by atoms with Gasteiger partial charge >= 0.3 is 0 Å². The molecule has 0 aliphatic carbocycles. The van der Waals surface area contributed by atoms with Gasteiger partial charge in [0.2, 0.25) is 0 Å². The van der Waals surface area contributed by atoms with Gasteiger partial charge in [0.05, 0.1) is 0 Å². The summed E-state index contributed by atoms with van der Waals surface area (Å²) < 4.78 is 0. The van der Waals surface area contributed by atoms with E-state index >= 15 is 0 Å². The lowest BCUT2D eigenvalue weighted by atomic mass is 9.71. The van der Waals surface area contributed by atoms with E-state index in [0.29, 0.717) is 17.2 Å². The van der Waals surface area contributed by atoms with Crippen molar-refractivity contribution < 1.29 is 15.3 Å². The number of hydrogen-bond donors (Lipinski definition) is 3. The van der Waals surface area contributed by atoms with Crippen molar-refractivity contribution in [1.82, 2.24) is 0 Å². The monoisotopic (exact) mass is 817 g/mol. The van der Waals surface area contributed by atoms with Crippen molar-refractivity contribution in [3.63, 3.8) is 0 Å². The molecule has 0 bridgehead atoms. The SMILES string of the molecule is Cc1cc(Cc2c(C)c(Cc3cc(C)c(O)c(C(C)(C)CC(C)(C)C)c3)c(C)c(Cc3cc(C)c(O)c(C(C)(C)CC(C)(C)C)c3)c2C)cc(C(C)(C)CC(C)(C)C)c1O. The van der Waals surface area contributed by atoms with E-state index < -0.39 is 0 Å². The summed E-state index contributed by atoms with van der Waals surface area (Å²) in [5.41, 5.74) is 17.1. The molecule has 330 valence electrons. The van der Waals surface area contributed by atoms with Crippen molar-refractivity contribution in [3.8, 4) is 17.2 Å². The van der Waals surface area contributed by atoms with Gasteiger partial charge in [-0.25, -0.2) is 0 Å². The second-order valence-electron chi connectivity index (χ2n) is 24.6. The fourth-order valence-electron chi connectivity index (χ4n) is 11.5. The topological polar surface area (TPSA) is 60.7 Å². The predicted octanol–water partition coefficient (Wildman–Crippen LogP) is 15.6. The van der Waals surface area contributed by atoms with Gasteiger partial charge < -0.3 is 15.3 Å². The number of hydrogen-bond acceptors (Lipinski definition) is 3. The Kier molecular flexibility index (Phi) is 13.8. The Balaban J connectivity index is 1.99. The molecule has 4 aromatic carbocycles. The third-order valence-corrected chi connectivity index (χ3v) is 13.0. The second-order valence-corrected chi connectivity index (χ2v) is 24.6. The molecule has 3 nitrogen and oxygen atoms in total. The highest BCUT2D eigenvalue weighted by molar-refractivity contribution is 5.58. The lowest BCUT2D eigenvalue weighted by Gasteiger charge is -2.34. The molecular weight excluding hydrogens is 733 g/mol. The molecule has 0 saturated carbocycles. The molecule has 60 heavy (non-hydrogen) atoms. The minimum Gasteiger partial charge on any atom is -0.507 e. The van der Waals surface area contributed by atoms with Gasteiger partial charge in [0.15, 0.2) is 0 Å². The van der Waals surface area contributed by atoms with Crippen molar-refractivity contribution in [3.05, 3.63) is 120 Å². The Labute approximate surface area is 367 Å². The molecule has 0 radical (unpaired) electrons. The minimum absolute atomic E-state index is 0.108. The van der Waals surface area contributed by atoms with Crippen molar-refractivity contribution >= 4 is 0 Å². The Bertz CT molecular complexity index is 1950. The van der Waals surface area contributed by atoms with Crippen LogP contribution in [-0.2, 0) is 35.5 Å². The molecule has 0 heterocycles. The first-order valence-electron chi connectivity index (χ1n) is 22.6. The normalized spacial score (nSPS) is 13.3. The summed E-state index contributed by atoms with van der Waals surface area (Å²) in [6, 6.07) is 13.4. The molecule has 0 amide bonds. The molecule has 0 saturated heterocycles. The van der Waals surface area contributed by atoms with Crippen LogP contribution >= 0.6 is 0 Å². The summed E-state index contributed by atoms with van der Waals surface area (Å²) >= 11 is 0. The number of aryl methyl sites for hydroxylation is 3. The highest BCUT2D eigenvalue weighted by Crippen LogP contribution is 2.46. The van der Waals surface area contributed by atoms with Crippen LogP contribution in [0.4, 0.5) is 0 Å². The summed E-state index contributed by atoms with van der Waals surface area (Å²) in [4.78, 5) is 0. The summed E-state index contributed by atoms with van der Waals surface area (Å²) in [5, 5.41) is 34.5. The summed E-state index contributed by atoms with van der Waals surface area (Å²) in [6.45, 7) is 47.1. The van der Waals surface area contributed by atoms with Crippen LogP contribution in [0.15, 0.2) is 36.4 Å². The van der Waals surface area contributed by atoms with Gasteiger partial charge in [-0.3, -0.25) is 0 Å². The van der Waals surface area contributed by atoms with Crippen LogP contribution in [0.1, 0.15) is 207 Å². The maximum absolute atomic E-state index is 11.5. The highest BCUT2D eigenvalue weighted by atomic mass is 16.3. The van der Waals surface area contributed by atoms with E-state index in [2.05, 4.69) is 161 Å². The largest absolute Gasteiger partial charge is 0.507 e. The van der Waals surface area contributed by atoms with E-state index in [0.717, 1.165) is 71.9 Å². The number of rotatable bonds is 12. The lowest BCUT2D eigenvalue weighted by Crippen LogP contribution is -2.25. The zero-order valence-electron chi connectivity index (χ0n) is 42.0.